The fraction of sp³-hybridized carbons (Fsp3) is 0.538. The largest absolute Gasteiger partial charge is 0.486 e. The van der Waals surface area contributed by atoms with Crippen LogP contribution in [0.3, 0.4) is 0 Å². The molecule has 0 saturated carbocycles. The van der Waals surface area contributed by atoms with Crippen molar-refractivity contribution in [3.05, 3.63) is 29.8 Å². The van der Waals surface area contributed by atoms with Crippen LogP contribution in [0.5, 0.6) is 5.75 Å². The minimum absolute atomic E-state index is 0.0128. The Labute approximate surface area is 96.5 Å². The van der Waals surface area contributed by atoms with Crippen LogP contribution in [-0.2, 0) is 11.2 Å². The predicted octanol–water partition coefficient (Wildman–Crippen LogP) is 1.74. The molecular formula is C13H19NO2. The fourth-order valence-electron chi connectivity index (χ4n) is 1.83. The fourth-order valence-corrected chi connectivity index (χ4v) is 1.83. The highest BCUT2D eigenvalue weighted by atomic mass is 16.5. The average molecular weight is 221 g/mol. The molecular weight excluding hydrogens is 202 g/mol. The summed E-state index contributed by atoms with van der Waals surface area (Å²) in [4.78, 5) is 0. The Balaban J connectivity index is 1.96. The Morgan fingerprint density at radius 3 is 2.75 bits per heavy atom. The van der Waals surface area contributed by atoms with Gasteiger partial charge in [0.25, 0.3) is 0 Å². The maximum Gasteiger partial charge on any atom is 0.137 e. The van der Waals surface area contributed by atoms with Gasteiger partial charge in [-0.05, 0) is 30.5 Å². The molecule has 1 aromatic rings. The van der Waals surface area contributed by atoms with E-state index in [4.69, 9.17) is 15.2 Å². The second-order valence-corrected chi connectivity index (χ2v) is 4.18. The van der Waals surface area contributed by atoms with Crippen LogP contribution in [0, 0.1) is 0 Å². The van der Waals surface area contributed by atoms with Gasteiger partial charge in [0.05, 0.1) is 6.61 Å². The van der Waals surface area contributed by atoms with Gasteiger partial charge in [0.15, 0.2) is 0 Å². The smallest absolute Gasteiger partial charge is 0.137 e. The Morgan fingerprint density at radius 2 is 2.12 bits per heavy atom. The molecule has 0 radical (unpaired) electrons. The molecule has 88 valence electrons. The summed E-state index contributed by atoms with van der Waals surface area (Å²) in [6.07, 6.45) is 1.91. The van der Waals surface area contributed by atoms with Crippen molar-refractivity contribution < 1.29 is 9.47 Å². The van der Waals surface area contributed by atoms with E-state index in [2.05, 4.69) is 19.1 Å². The first-order chi connectivity index (χ1) is 7.79. The first kappa shape index (κ1) is 11.4. The molecule has 0 bridgehead atoms. The predicted molar refractivity (Wildman–Crippen MR) is 63.6 cm³/mol. The lowest BCUT2D eigenvalue weighted by Crippen LogP contribution is -2.46. The van der Waals surface area contributed by atoms with Crippen LogP contribution in [0.2, 0.25) is 0 Å². The van der Waals surface area contributed by atoms with Crippen LogP contribution in [0.1, 0.15) is 18.9 Å². The third-order valence-corrected chi connectivity index (χ3v) is 2.97. The molecule has 2 atom stereocenters. The SMILES string of the molecule is CCc1ccc(OC2COCCC2N)cc1. The van der Waals surface area contributed by atoms with Crippen LogP contribution < -0.4 is 10.5 Å². The highest BCUT2D eigenvalue weighted by Crippen LogP contribution is 2.17. The Hall–Kier alpha value is -1.06. The van der Waals surface area contributed by atoms with E-state index >= 15 is 0 Å². The highest BCUT2D eigenvalue weighted by molar-refractivity contribution is 5.27. The molecule has 1 aromatic carbocycles. The molecule has 0 aliphatic carbocycles. The number of hydrogen-bond donors (Lipinski definition) is 1. The van der Waals surface area contributed by atoms with Gasteiger partial charge in [0.2, 0.25) is 0 Å². The first-order valence-corrected chi connectivity index (χ1v) is 5.88. The molecule has 2 rings (SSSR count). The lowest BCUT2D eigenvalue weighted by atomic mass is 10.1. The van der Waals surface area contributed by atoms with Gasteiger partial charge >= 0.3 is 0 Å². The second kappa shape index (κ2) is 5.32. The number of aryl methyl sites for hydroxylation is 1. The summed E-state index contributed by atoms with van der Waals surface area (Å²) in [5, 5.41) is 0. The number of benzene rings is 1. The van der Waals surface area contributed by atoms with Crippen molar-refractivity contribution >= 4 is 0 Å². The van der Waals surface area contributed by atoms with Gasteiger partial charge in [-0.15, -0.1) is 0 Å². The van der Waals surface area contributed by atoms with E-state index in [1.165, 1.54) is 5.56 Å². The van der Waals surface area contributed by atoms with Crippen molar-refractivity contribution in [2.24, 2.45) is 5.73 Å². The van der Waals surface area contributed by atoms with E-state index in [1.807, 2.05) is 12.1 Å². The molecule has 0 spiro atoms. The molecule has 3 heteroatoms. The minimum atomic E-state index is -0.0128. The van der Waals surface area contributed by atoms with Gasteiger partial charge < -0.3 is 15.2 Å². The van der Waals surface area contributed by atoms with Gasteiger partial charge in [-0.2, -0.15) is 0 Å². The van der Waals surface area contributed by atoms with Crippen molar-refractivity contribution in [2.75, 3.05) is 13.2 Å². The van der Waals surface area contributed by atoms with E-state index in [0.29, 0.717) is 6.61 Å². The first-order valence-electron chi connectivity index (χ1n) is 5.88. The average Bonchev–Trinajstić information content (AvgIpc) is 2.33. The molecule has 2 N–H and O–H groups in total. The third-order valence-electron chi connectivity index (χ3n) is 2.97. The highest BCUT2D eigenvalue weighted by Gasteiger charge is 2.23. The molecule has 16 heavy (non-hydrogen) atoms. The third kappa shape index (κ3) is 2.74. The summed E-state index contributed by atoms with van der Waals surface area (Å²) in [5.74, 6) is 0.878. The molecule has 2 unspecified atom stereocenters. The van der Waals surface area contributed by atoms with Crippen LogP contribution in [0.25, 0.3) is 0 Å². The van der Waals surface area contributed by atoms with Crippen LogP contribution in [0.4, 0.5) is 0 Å². The normalized spacial score (nSPS) is 25.4. The van der Waals surface area contributed by atoms with Gasteiger partial charge in [0.1, 0.15) is 11.9 Å². The van der Waals surface area contributed by atoms with E-state index in [-0.39, 0.29) is 12.1 Å². The van der Waals surface area contributed by atoms with Gasteiger partial charge in [-0.1, -0.05) is 19.1 Å². The molecule has 1 aliphatic heterocycles. The van der Waals surface area contributed by atoms with Crippen LogP contribution >= 0.6 is 0 Å². The van der Waals surface area contributed by atoms with Gasteiger partial charge in [-0.25, -0.2) is 0 Å². The molecule has 1 heterocycles. The van der Waals surface area contributed by atoms with E-state index in [1.54, 1.807) is 0 Å². The maximum atomic E-state index is 5.98. The lowest BCUT2D eigenvalue weighted by Gasteiger charge is -2.29. The summed E-state index contributed by atoms with van der Waals surface area (Å²) >= 11 is 0. The van der Waals surface area contributed by atoms with Crippen molar-refractivity contribution in [1.82, 2.24) is 0 Å². The molecule has 1 saturated heterocycles. The zero-order valence-electron chi connectivity index (χ0n) is 9.69. The zero-order valence-corrected chi connectivity index (χ0v) is 9.69. The molecule has 1 fully saturated rings. The zero-order chi connectivity index (χ0) is 11.4. The van der Waals surface area contributed by atoms with Gasteiger partial charge in [-0.3, -0.25) is 0 Å². The summed E-state index contributed by atoms with van der Waals surface area (Å²) in [5.41, 5.74) is 7.29. The summed E-state index contributed by atoms with van der Waals surface area (Å²) in [7, 11) is 0. The molecule has 1 aliphatic rings. The van der Waals surface area contributed by atoms with Crippen molar-refractivity contribution in [3.63, 3.8) is 0 Å². The Bertz CT molecular complexity index is 323. The van der Waals surface area contributed by atoms with Crippen molar-refractivity contribution in [2.45, 2.75) is 31.9 Å². The summed E-state index contributed by atoms with van der Waals surface area (Å²) in [6, 6.07) is 8.26. The van der Waals surface area contributed by atoms with E-state index < -0.39 is 0 Å². The van der Waals surface area contributed by atoms with Crippen molar-refractivity contribution in [3.8, 4) is 5.75 Å². The van der Waals surface area contributed by atoms with Crippen molar-refractivity contribution in [1.29, 1.82) is 0 Å². The maximum absolute atomic E-state index is 5.98. The van der Waals surface area contributed by atoms with Crippen LogP contribution in [0.15, 0.2) is 24.3 Å². The second-order valence-electron chi connectivity index (χ2n) is 4.18. The van der Waals surface area contributed by atoms with E-state index in [0.717, 1.165) is 25.2 Å². The molecule has 0 amide bonds. The lowest BCUT2D eigenvalue weighted by molar-refractivity contribution is -0.00531. The number of rotatable bonds is 3. The quantitative estimate of drug-likeness (QED) is 0.845. The topological polar surface area (TPSA) is 44.5 Å². The summed E-state index contributed by atoms with van der Waals surface area (Å²) < 4.78 is 11.2. The van der Waals surface area contributed by atoms with E-state index in [9.17, 15) is 0 Å². The number of hydrogen-bond acceptors (Lipinski definition) is 3. The Morgan fingerprint density at radius 1 is 1.38 bits per heavy atom. The number of ether oxygens (including phenoxy) is 2. The monoisotopic (exact) mass is 221 g/mol. The summed E-state index contributed by atoms with van der Waals surface area (Å²) in [6.45, 7) is 3.48. The van der Waals surface area contributed by atoms with Gasteiger partial charge in [0, 0.05) is 12.6 Å². The number of nitrogens with two attached hydrogens (primary N) is 1. The molecule has 3 nitrogen and oxygen atoms in total. The molecule has 0 aromatic heterocycles. The van der Waals surface area contributed by atoms with Crippen LogP contribution in [-0.4, -0.2) is 25.4 Å². The minimum Gasteiger partial charge on any atom is -0.486 e. The Kier molecular flexibility index (Phi) is 3.80. The standard InChI is InChI=1S/C13H19NO2/c1-2-10-3-5-11(6-4-10)16-13-9-15-8-7-12(13)14/h3-6,12-13H,2,7-9,14H2,1H3.